The van der Waals surface area contributed by atoms with Crippen LogP contribution in [0.1, 0.15) is 43.9 Å². The average Bonchev–Trinajstić information content (AvgIpc) is 2.34. The van der Waals surface area contributed by atoms with Crippen molar-refractivity contribution in [2.45, 2.75) is 45.2 Å². The van der Waals surface area contributed by atoms with Gasteiger partial charge in [-0.2, -0.15) is 0 Å². The molecule has 0 aromatic heterocycles. The lowest BCUT2D eigenvalue weighted by atomic mass is 9.79. The van der Waals surface area contributed by atoms with Crippen molar-refractivity contribution in [2.75, 3.05) is 21.1 Å². The van der Waals surface area contributed by atoms with Crippen molar-refractivity contribution in [3.05, 3.63) is 35.1 Å². The molecule has 1 N–H and O–H groups in total. The molecular weight excluding hydrogens is 239 g/mol. The average molecular weight is 266 g/mol. The van der Waals surface area contributed by atoms with Gasteiger partial charge in [0, 0.05) is 5.54 Å². The van der Waals surface area contributed by atoms with Crippen molar-refractivity contribution in [3.8, 4) is 0 Å². The van der Waals surface area contributed by atoms with Gasteiger partial charge in [0.1, 0.15) is 5.82 Å². The number of nitrogens with zero attached hydrogens (tertiary/aromatic N) is 1. The number of likely N-dealkylation sites (N-methyl/N-ethyl adjacent to an activating group) is 2. The molecule has 1 rings (SSSR count). The Hall–Kier alpha value is -0.930. The normalized spacial score (nSPS) is 13.9. The van der Waals surface area contributed by atoms with E-state index >= 15 is 0 Å². The molecule has 19 heavy (non-hydrogen) atoms. The molecule has 108 valence electrons. The lowest BCUT2D eigenvalue weighted by molar-refractivity contribution is 0.0916. The maximum absolute atomic E-state index is 13.7. The third-order valence-corrected chi connectivity index (χ3v) is 4.34. The molecule has 1 unspecified atom stereocenters. The molecule has 0 radical (unpaired) electrons. The monoisotopic (exact) mass is 266 g/mol. The number of hydrogen-bond donors (Lipinski definition) is 1. The first kappa shape index (κ1) is 16.1. The fraction of sp³-hybridized carbons (Fsp3) is 0.625. The number of halogens is 1. The van der Waals surface area contributed by atoms with E-state index in [0.29, 0.717) is 0 Å². The van der Waals surface area contributed by atoms with Gasteiger partial charge in [0.15, 0.2) is 0 Å². The predicted octanol–water partition coefficient (Wildman–Crippen LogP) is 3.52. The van der Waals surface area contributed by atoms with Crippen LogP contribution in [0.5, 0.6) is 0 Å². The minimum Gasteiger partial charge on any atom is -0.311 e. The minimum absolute atomic E-state index is 0.00498. The van der Waals surface area contributed by atoms with Crippen molar-refractivity contribution in [1.82, 2.24) is 10.2 Å². The molecule has 0 saturated carbocycles. The van der Waals surface area contributed by atoms with Gasteiger partial charge in [-0.1, -0.05) is 19.9 Å². The van der Waals surface area contributed by atoms with Gasteiger partial charge < -0.3 is 10.2 Å². The first-order chi connectivity index (χ1) is 8.91. The molecule has 0 aliphatic heterocycles. The molecular formula is C16H27FN2. The van der Waals surface area contributed by atoms with Crippen LogP contribution in [0.3, 0.4) is 0 Å². The van der Waals surface area contributed by atoms with Crippen LogP contribution in [0.4, 0.5) is 4.39 Å². The Kier molecular flexibility index (Phi) is 5.50. The second-order valence-corrected chi connectivity index (χ2v) is 5.49. The third kappa shape index (κ3) is 3.15. The van der Waals surface area contributed by atoms with Crippen LogP contribution in [0.25, 0.3) is 0 Å². The maximum atomic E-state index is 13.7. The van der Waals surface area contributed by atoms with Gasteiger partial charge in [0.2, 0.25) is 0 Å². The van der Waals surface area contributed by atoms with E-state index in [1.54, 1.807) is 12.1 Å². The van der Waals surface area contributed by atoms with Crippen LogP contribution in [0, 0.1) is 12.7 Å². The van der Waals surface area contributed by atoms with E-state index in [0.717, 1.165) is 24.0 Å². The van der Waals surface area contributed by atoms with Crippen LogP contribution < -0.4 is 5.32 Å². The van der Waals surface area contributed by atoms with Gasteiger partial charge in [-0.25, -0.2) is 4.39 Å². The van der Waals surface area contributed by atoms with Gasteiger partial charge in [0.25, 0.3) is 0 Å². The number of aryl methyl sites for hydroxylation is 1. The quantitative estimate of drug-likeness (QED) is 0.847. The smallest absolute Gasteiger partial charge is 0.123 e. The Labute approximate surface area is 117 Å². The molecule has 0 heterocycles. The Morgan fingerprint density at radius 3 is 2.16 bits per heavy atom. The first-order valence-electron chi connectivity index (χ1n) is 7.03. The summed E-state index contributed by atoms with van der Waals surface area (Å²) in [4.78, 5) is 2.26. The molecule has 0 aliphatic rings. The molecule has 0 fully saturated rings. The van der Waals surface area contributed by atoms with Gasteiger partial charge in [-0.3, -0.25) is 0 Å². The van der Waals surface area contributed by atoms with Crippen molar-refractivity contribution in [3.63, 3.8) is 0 Å². The zero-order chi connectivity index (χ0) is 14.6. The van der Waals surface area contributed by atoms with Gasteiger partial charge >= 0.3 is 0 Å². The largest absolute Gasteiger partial charge is 0.311 e. The molecule has 1 atom stereocenters. The number of benzene rings is 1. The Bertz CT molecular complexity index is 391. The molecule has 0 spiro atoms. The predicted molar refractivity (Wildman–Crippen MR) is 79.9 cm³/mol. The molecule has 3 heteroatoms. The van der Waals surface area contributed by atoms with E-state index in [1.165, 1.54) is 0 Å². The lowest BCUT2D eigenvalue weighted by Crippen LogP contribution is -2.52. The van der Waals surface area contributed by atoms with Gasteiger partial charge in [-0.05, 0) is 64.2 Å². The maximum Gasteiger partial charge on any atom is 0.123 e. The number of rotatable bonds is 6. The number of nitrogens with one attached hydrogen (secondary N) is 1. The van der Waals surface area contributed by atoms with Crippen LogP contribution >= 0.6 is 0 Å². The van der Waals surface area contributed by atoms with E-state index in [4.69, 9.17) is 0 Å². The lowest BCUT2D eigenvalue weighted by Gasteiger charge is -2.45. The van der Waals surface area contributed by atoms with E-state index in [-0.39, 0.29) is 17.4 Å². The molecule has 2 nitrogen and oxygen atoms in total. The standard InChI is InChI=1S/C16H27FN2/c1-7-16(8-2,19(5)6)15(18-4)13-9-12(3)10-14(17)11-13/h9-11,15,18H,7-8H2,1-6H3. The molecule has 1 aromatic carbocycles. The summed E-state index contributed by atoms with van der Waals surface area (Å²) < 4.78 is 13.7. The third-order valence-electron chi connectivity index (χ3n) is 4.34. The van der Waals surface area contributed by atoms with Crippen LogP contribution in [-0.2, 0) is 0 Å². The summed E-state index contributed by atoms with van der Waals surface area (Å²) in [5.74, 6) is -0.157. The summed E-state index contributed by atoms with van der Waals surface area (Å²) in [6, 6.07) is 5.42. The van der Waals surface area contributed by atoms with Crippen LogP contribution in [0.15, 0.2) is 18.2 Å². The fourth-order valence-electron chi connectivity index (χ4n) is 3.23. The Morgan fingerprint density at radius 2 is 1.79 bits per heavy atom. The Morgan fingerprint density at radius 1 is 1.21 bits per heavy atom. The van der Waals surface area contributed by atoms with E-state index < -0.39 is 0 Å². The van der Waals surface area contributed by atoms with Gasteiger partial charge in [-0.15, -0.1) is 0 Å². The summed E-state index contributed by atoms with van der Waals surface area (Å²) in [6.07, 6.45) is 2.02. The zero-order valence-electron chi connectivity index (χ0n) is 13.0. The summed E-state index contributed by atoms with van der Waals surface area (Å²) in [5.41, 5.74) is 1.99. The molecule has 0 saturated heterocycles. The van der Waals surface area contributed by atoms with Crippen molar-refractivity contribution in [1.29, 1.82) is 0 Å². The minimum atomic E-state index is -0.157. The first-order valence-corrected chi connectivity index (χ1v) is 7.03. The highest BCUT2D eigenvalue weighted by Gasteiger charge is 2.38. The van der Waals surface area contributed by atoms with Crippen LogP contribution in [-0.4, -0.2) is 31.6 Å². The second-order valence-electron chi connectivity index (χ2n) is 5.49. The zero-order valence-corrected chi connectivity index (χ0v) is 13.0. The topological polar surface area (TPSA) is 15.3 Å². The molecule has 1 aromatic rings. The number of hydrogen-bond acceptors (Lipinski definition) is 2. The van der Waals surface area contributed by atoms with Crippen molar-refractivity contribution >= 4 is 0 Å². The second kappa shape index (κ2) is 6.49. The summed E-state index contributed by atoms with van der Waals surface area (Å²) in [7, 11) is 6.15. The van der Waals surface area contributed by atoms with Crippen molar-refractivity contribution in [2.24, 2.45) is 0 Å². The SMILES string of the molecule is CCC(CC)(C(NC)c1cc(C)cc(F)c1)N(C)C. The molecule has 0 aliphatic carbocycles. The van der Waals surface area contributed by atoms with Crippen LogP contribution in [0.2, 0.25) is 0 Å². The van der Waals surface area contributed by atoms with E-state index in [1.807, 2.05) is 14.0 Å². The highest BCUT2D eigenvalue weighted by atomic mass is 19.1. The Balaban J connectivity index is 3.31. The van der Waals surface area contributed by atoms with Crippen molar-refractivity contribution < 1.29 is 4.39 Å². The fourth-order valence-corrected chi connectivity index (χ4v) is 3.23. The summed E-state index contributed by atoms with van der Waals surface area (Å²) in [6.45, 7) is 6.33. The summed E-state index contributed by atoms with van der Waals surface area (Å²) >= 11 is 0. The molecule has 0 amide bonds. The highest BCUT2D eigenvalue weighted by Crippen LogP contribution is 2.36. The molecule has 0 bridgehead atoms. The highest BCUT2D eigenvalue weighted by molar-refractivity contribution is 5.29. The van der Waals surface area contributed by atoms with E-state index in [9.17, 15) is 4.39 Å². The summed E-state index contributed by atoms with van der Waals surface area (Å²) in [5, 5.41) is 3.39. The van der Waals surface area contributed by atoms with Gasteiger partial charge in [0.05, 0.1) is 6.04 Å². The van der Waals surface area contributed by atoms with E-state index in [2.05, 4.69) is 44.2 Å².